The fourth-order valence-electron chi connectivity index (χ4n) is 8.71. The van der Waals surface area contributed by atoms with Gasteiger partial charge in [0.2, 0.25) is 0 Å². The molecular formula is C52H41N3. The minimum atomic E-state index is 0.240. The normalized spacial score (nSPS) is 15.5. The molecule has 0 saturated carbocycles. The Morgan fingerprint density at radius 3 is 1.67 bits per heavy atom. The summed E-state index contributed by atoms with van der Waals surface area (Å²) in [4.78, 5) is 7.24. The third-order valence-electron chi connectivity index (χ3n) is 11.1. The summed E-state index contributed by atoms with van der Waals surface area (Å²) in [6.45, 7) is 0. The van der Waals surface area contributed by atoms with Gasteiger partial charge in [-0.25, -0.2) is 0 Å². The number of anilines is 7. The standard InChI is InChI=1S/C52H41N3/c1-5-18-40(19-6-1)53(41-20-7-2-8-21-41)44-31-29-38(30-32-44)51-47-26-14-13-17-39(47)37-49-48-27-15-16-28-50(48)55(52(49)51)46-35-33-45(34-36-46)54(42-22-9-3-10-23-42)43-24-11-4-12-25-43/h1,3-7,9-36,49H,2,8,37H2. The van der Waals surface area contributed by atoms with Crippen molar-refractivity contribution in [2.45, 2.75) is 25.2 Å². The van der Waals surface area contributed by atoms with E-state index in [2.05, 4.69) is 221 Å². The van der Waals surface area contributed by atoms with Crippen molar-refractivity contribution in [3.63, 3.8) is 0 Å². The van der Waals surface area contributed by atoms with Crippen LogP contribution in [-0.4, -0.2) is 0 Å². The van der Waals surface area contributed by atoms with Gasteiger partial charge in [0.1, 0.15) is 0 Å². The lowest BCUT2D eigenvalue weighted by atomic mass is 9.78. The van der Waals surface area contributed by atoms with Crippen molar-refractivity contribution in [1.82, 2.24) is 0 Å². The Kier molecular flexibility index (Phi) is 8.46. The quantitative estimate of drug-likeness (QED) is 0.156. The molecule has 1 aliphatic heterocycles. The molecule has 0 aromatic heterocycles. The SMILES string of the molecule is C1=CC(N(c2ccccc2)c2ccc(C3=C4C(Cc5ccccc53)c3ccccc3N4c3ccc(N(c4ccccc4)c4ccccc4)cc3)cc2)=CCC1. The molecule has 1 heterocycles. The molecule has 7 aromatic rings. The fraction of sp³-hybridized carbons (Fsp3) is 0.0769. The second kappa shape index (κ2) is 14.2. The van der Waals surface area contributed by atoms with Gasteiger partial charge in [0, 0.05) is 62.7 Å². The molecule has 1 atom stereocenters. The summed E-state index contributed by atoms with van der Waals surface area (Å²) in [5, 5.41) is 0. The first kappa shape index (κ1) is 32.8. The number of para-hydroxylation sites is 4. The molecule has 2 aliphatic carbocycles. The van der Waals surface area contributed by atoms with E-state index < -0.39 is 0 Å². The van der Waals surface area contributed by atoms with Crippen LogP contribution in [-0.2, 0) is 6.42 Å². The molecule has 0 radical (unpaired) electrons. The number of allylic oxidation sites excluding steroid dienone is 4. The molecule has 7 aromatic carbocycles. The summed E-state index contributed by atoms with van der Waals surface area (Å²) >= 11 is 0. The molecule has 0 saturated heterocycles. The van der Waals surface area contributed by atoms with Gasteiger partial charge in [-0.1, -0.05) is 121 Å². The van der Waals surface area contributed by atoms with Crippen LogP contribution in [0.15, 0.2) is 218 Å². The third-order valence-corrected chi connectivity index (χ3v) is 11.1. The lowest BCUT2D eigenvalue weighted by Gasteiger charge is -2.33. The highest BCUT2D eigenvalue weighted by Gasteiger charge is 2.40. The Hall–Kier alpha value is -6.84. The number of rotatable bonds is 8. The predicted octanol–water partition coefficient (Wildman–Crippen LogP) is 13.8. The van der Waals surface area contributed by atoms with Crippen LogP contribution in [0.2, 0.25) is 0 Å². The molecule has 0 spiro atoms. The molecule has 0 bridgehead atoms. The van der Waals surface area contributed by atoms with Gasteiger partial charge in [-0.3, -0.25) is 0 Å². The monoisotopic (exact) mass is 707 g/mol. The minimum absolute atomic E-state index is 0.240. The Labute approximate surface area is 324 Å². The van der Waals surface area contributed by atoms with Crippen LogP contribution in [0.4, 0.5) is 39.8 Å². The zero-order valence-electron chi connectivity index (χ0n) is 30.7. The van der Waals surface area contributed by atoms with Crippen molar-refractivity contribution in [3.05, 3.63) is 240 Å². The maximum absolute atomic E-state index is 2.53. The van der Waals surface area contributed by atoms with E-state index in [0.717, 1.165) is 53.4 Å². The summed E-state index contributed by atoms with van der Waals surface area (Å²) < 4.78 is 0. The Morgan fingerprint density at radius 2 is 1.02 bits per heavy atom. The lowest BCUT2D eigenvalue weighted by Crippen LogP contribution is -2.21. The fourth-order valence-corrected chi connectivity index (χ4v) is 8.71. The van der Waals surface area contributed by atoms with Crippen molar-refractivity contribution in [2.75, 3.05) is 14.7 Å². The molecular weight excluding hydrogens is 667 g/mol. The van der Waals surface area contributed by atoms with Gasteiger partial charge in [0.25, 0.3) is 0 Å². The summed E-state index contributed by atoms with van der Waals surface area (Å²) in [7, 11) is 0. The first-order chi connectivity index (χ1) is 27.3. The van der Waals surface area contributed by atoms with E-state index in [9.17, 15) is 0 Å². The number of benzene rings is 7. The van der Waals surface area contributed by atoms with Crippen LogP contribution in [0.1, 0.15) is 41.0 Å². The highest BCUT2D eigenvalue weighted by Crippen LogP contribution is 2.55. The Balaban J connectivity index is 1.11. The number of nitrogens with zero attached hydrogens (tertiary/aromatic N) is 3. The third kappa shape index (κ3) is 5.95. The van der Waals surface area contributed by atoms with E-state index in [0.29, 0.717) is 0 Å². The molecule has 0 fully saturated rings. The second-order valence-electron chi connectivity index (χ2n) is 14.4. The molecule has 1 unspecified atom stereocenters. The maximum Gasteiger partial charge on any atom is 0.0497 e. The van der Waals surface area contributed by atoms with Crippen LogP contribution in [0.5, 0.6) is 0 Å². The van der Waals surface area contributed by atoms with Gasteiger partial charge >= 0.3 is 0 Å². The van der Waals surface area contributed by atoms with Crippen LogP contribution in [0.25, 0.3) is 5.57 Å². The highest BCUT2D eigenvalue weighted by atomic mass is 15.2. The molecule has 3 nitrogen and oxygen atoms in total. The Bertz CT molecular complexity index is 2510. The zero-order valence-corrected chi connectivity index (χ0v) is 30.7. The smallest absolute Gasteiger partial charge is 0.0497 e. The van der Waals surface area contributed by atoms with E-state index in [1.54, 1.807) is 0 Å². The van der Waals surface area contributed by atoms with Gasteiger partial charge in [-0.05, 0) is 126 Å². The number of hydrogen-bond donors (Lipinski definition) is 0. The second-order valence-corrected chi connectivity index (χ2v) is 14.4. The van der Waals surface area contributed by atoms with Crippen molar-refractivity contribution < 1.29 is 0 Å². The van der Waals surface area contributed by atoms with Gasteiger partial charge in [0.15, 0.2) is 0 Å². The van der Waals surface area contributed by atoms with Crippen LogP contribution >= 0.6 is 0 Å². The maximum atomic E-state index is 2.53. The van der Waals surface area contributed by atoms with E-state index in [1.807, 2.05) is 0 Å². The van der Waals surface area contributed by atoms with Gasteiger partial charge in [0.05, 0.1) is 0 Å². The van der Waals surface area contributed by atoms with Crippen LogP contribution in [0.3, 0.4) is 0 Å². The van der Waals surface area contributed by atoms with E-state index >= 15 is 0 Å². The van der Waals surface area contributed by atoms with E-state index in [1.165, 1.54) is 44.9 Å². The highest BCUT2D eigenvalue weighted by molar-refractivity contribution is 5.95. The van der Waals surface area contributed by atoms with Crippen molar-refractivity contribution >= 4 is 45.4 Å². The summed E-state index contributed by atoms with van der Waals surface area (Å²) in [6.07, 6.45) is 10.00. The van der Waals surface area contributed by atoms with E-state index in [4.69, 9.17) is 0 Å². The van der Waals surface area contributed by atoms with Gasteiger partial charge < -0.3 is 14.7 Å². The molecule has 264 valence electrons. The molecule has 0 amide bonds. The zero-order chi connectivity index (χ0) is 36.6. The largest absolute Gasteiger partial charge is 0.313 e. The number of hydrogen-bond acceptors (Lipinski definition) is 3. The topological polar surface area (TPSA) is 9.72 Å². The van der Waals surface area contributed by atoms with Crippen molar-refractivity contribution in [1.29, 1.82) is 0 Å². The number of fused-ring (bicyclic) bond motifs is 4. The predicted molar refractivity (Wildman–Crippen MR) is 230 cm³/mol. The van der Waals surface area contributed by atoms with E-state index in [-0.39, 0.29) is 5.92 Å². The van der Waals surface area contributed by atoms with Crippen LogP contribution in [0, 0.1) is 0 Å². The van der Waals surface area contributed by atoms with Crippen LogP contribution < -0.4 is 14.7 Å². The summed E-state index contributed by atoms with van der Waals surface area (Å²) in [6, 6.07) is 68.4. The van der Waals surface area contributed by atoms with Gasteiger partial charge in [-0.15, -0.1) is 0 Å². The Morgan fingerprint density at radius 1 is 0.473 bits per heavy atom. The average molecular weight is 708 g/mol. The molecule has 0 N–H and O–H groups in total. The molecule has 3 heteroatoms. The first-order valence-electron chi connectivity index (χ1n) is 19.4. The molecule has 3 aliphatic rings. The lowest BCUT2D eigenvalue weighted by molar-refractivity contribution is 0.792. The summed E-state index contributed by atoms with van der Waals surface area (Å²) in [5.74, 6) is 0.240. The molecule has 55 heavy (non-hydrogen) atoms. The first-order valence-corrected chi connectivity index (χ1v) is 19.4. The molecule has 10 rings (SSSR count). The van der Waals surface area contributed by atoms with Crippen molar-refractivity contribution in [2.24, 2.45) is 0 Å². The van der Waals surface area contributed by atoms with Gasteiger partial charge in [-0.2, -0.15) is 0 Å². The van der Waals surface area contributed by atoms with Crippen molar-refractivity contribution in [3.8, 4) is 0 Å². The summed E-state index contributed by atoms with van der Waals surface area (Å²) in [5.41, 5.74) is 17.3. The average Bonchev–Trinajstić information content (AvgIpc) is 3.59. The minimum Gasteiger partial charge on any atom is -0.313 e.